The fraction of sp³-hybridized carbons (Fsp3) is 0.765. The highest BCUT2D eigenvalue weighted by atomic mass is 32.2. The van der Waals surface area contributed by atoms with E-state index in [0.717, 1.165) is 37.1 Å². The number of hydrogen-bond donors (Lipinski definition) is 3. The van der Waals surface area contributed by atoms with Crippen LogP contribution < -0.4 is 11.1 Å². The zero-order chi connectivity index (χ0) is 17.7. The molecule has 1 aliphatic rings. The zero-order valence-electron chi connectivity index (χ0n) is 14.6. The Balaban J connectivity index is 2.10. The van der Waals surface area contributed by atoms with Crippen LogP contribution in [0.3, 0.4) is 0 Å². The Morgan fingerprint density at radius 1 is 1.43 bits per heavy atom. The number of nitrogens with two attached hydrogens (primary N) is 1. The van der Waals surface area contributed by atoms with Crippen molar-refractivity contribution in [2.45, 2.75) is 58.9 Å². The first-order valence-corrected chi connectivity index (χ1v) is 9.29. The van der Waals surface area contributed by atoms with Gasteiger partial charge in [-0.15, -0.1) is 0 Å². The molecule has 2 atom stereocenters. The normalized spacial score (nSPS) is 22.3. The van der Waals surface area contributed by atoms with Crippen molar-refractivity contribution in [3.05, 3.63) is 11.8 Å². The molecule has 0 aromatic rings. The number of thioether (sulfide) groups is 1. The first kappa shape index (κ1) is 20.0. The molecule has 1 fully saturated rings. The maximum atomic E-state index is 11.9. The highest BCUT2D eigenvalue weighted by Crippen LogP contribution is 2.51. The van der Waals surface area contributed by atoms with Crippen molar-refractivity contribution in [3.8, 4) is 0 Å². The van der Waals surface area contributed by atoms with Gasteiger partial charge >= 0.3 is 5.97 Å². The Hall–Kier alpha value is -1.01. The molecule has 0 heterocycles. The van der Waals surface area contributed by atoms with Gasteiger partial charge < -0.3 is 16.2 Å². The molecular weight excluding hydrogens is 312 g/mol. The molecule has 1 aliphatic carbocycles. The van der Waals surface area contributed by atoms with E-state index in [1.165, 1.54) is 6.92 Å². The van der Waals surface area contributed by atoms with Crippen LogP contribution in [0.15, 0.2) is 11.8 Å². The van der Waals surface area contributed by atoms with Crippen molar-refractivity contribution >= 4 is 23.6 Å². The monoisotopic (exact) mass is 342 g/mol. The SMILES string of the molecule is C/C(=C/CCCCSCC(C)(N)C(=O)O)NC(=O)C1CC1(C)C. The summed E-state index contributed by atoms with van der Waals surface area (Å²) in [7, 11) is 0. The van der Waals surface area contributed by atoms with Gasteiger partial charge in [-0.25, -0.2) is 0 Å². The van der Waals surface area contributed by atoms with Gasteiger partial charge in [0.15, 0.2) is 0 Å². The molecule has 6 heteroatoms. The number of carboxylic acids is 1. The van der Waals surface area contributed by atoms with E-state index in [9.17, 15) is 9.59 Å². The van der Waals surface area contributed by atoms with Gasteiger partial charge in [0, 0.05) is 17.4 Å². The fourth-order valence-electron chi connectivity index (χ4n) is 2.26. The lowest BCUT2D eigenvalue weighted by molar-refractivity contribution is -0.141. The summed E-state index contributed by atoms with van der Waals surface area (Å²) in [4.78, 5) is 22.8. The van der Waals surface area contributed by atoms with E-state index < -0.39 is 11.5 Å². The van der Waals surface area contributed by atoms with Crippen LogP contribution in [0, 0.1) is 11.3 Å². The van der Waals surface area contributed by atoms with Crippen molar-refractivity contribution < 1.29 is 14.7 Å². The topological polar surface area (TPSA) is 92.4 Å². The first-order chi connectivity index (χ1) is 10.6. The van der Waals surface area contributed by atoms with Gasteiger partial charge in [-0.05, 0) is 50.7 Å². The van der Waals surface area contributed by atoms with Crippen LogP contribution >= 0.6 is 11.8 Å². The number of aliphatic carboxylic acids is 1. The van der Waals surface area contributed by atoms with E-state index in [0.29, 0.717) is 5.75 Å². The molecule has 2 unspecified atom stereocenters. The van der Waals surface area contributed by atoms with Gasteiger partial charge in [0.1, 0.15) is 5.54 Å². The summed E-state index contributed by atoms with van der Waals surface area (Å²) in [6, 6.07) is 0. The molecule has 23 heavy (non-hydrogen) atoms. The number of carbonyl (C=O) groups is 2. The standard InChI is InChI=1S/C17H30N2O3S/c1-12(19-14(20)13-10-16(13,2)3)8-6-5-7-9-23-11-17(4,18)15(21)22/h8,13H,5-7,9-11,18H2,1-4H3,(H,19,20)(H,21,22)/b12-8-. The molecule has 1 saturated carbocycles. The number of rotatable bonds is 10. The molecule has 1 amide bonds. The largest absolute Gasteiger partial charge is 0.480 e. The maximum Gasteiger partial charge on any atom is 0.324 e. The van der Waals surface area contributed by atoms with E-state index in [1.54, 1.807) is 11.8 Å². The molecule has 132 valence electrons. The molecule has 4 N–H and O–H groups in total. The quantitative estimate of drug-likeness (QED) is 0.531. The van der Waals surface area contributed by atoms with Gasteiger partial charge in [-0.2, -0.15) is 11.8 Å². The average molecular weight is 343 g/mol. The fourth-order valence-corrected chi connectivity index (χ4v) is 3.36. The van der Waals surface area contributed by atoms with Gasteiger partial charge in [-0.3, -0.25) is 9.59 Å². The summed E-state index contributed by atoms with van der Waals surface area (Å²) in [6.07, 6.45) is 5.97. The minimum absolute atomic E-state index is 0.134. The van der Waals surface area contributed by atoms with Crippen molar-refractivity contribution in [1.29, 1.82) is 0 Å². The second-order valence-corrected chi connectivity index (χ2v) is 8.50. The third-order valence-corrected chi connectivity index (χ3v) is 5.62. The van der Waals surface area contributed by atoms with Crippen LogP contribution in [0.5, 0.6) is 0 Å². The highest BCUT2D eigenvalue weighted by Gasteiger charge is 2.50. The number of amides is 1. The summed E-state index contributed by atoms with van der Waals surface area (Å²) in [5, 5.41) is 11.9. The Morgan fingerprint density at radius 2 is 2.04 bits per heavy atom. The summed E-state index contributed by atoms with van der Waals surface area (Å²) < 4.78 is 0. The predicted octanol–water partition coefficient (Wildman–Crippen LogP) is 2.76. The highest BCUT2D eigenvalue weighted by molar-refractivity contribution is 7.99. The van der Waals surface area contributed by atoms with E-state index in [1.807, 2.05) is 6.92 Å². The molecule has 0 saturated heterocycles. The van der Waals surface area contributed by atoms with Crippen LogP contribution in [-0.2, 0) is 9.59 Å². The predicted molar refractivity (Wildman–Crippen MR) is 95.2 cm³/mol. The van der Waals surface area contributed by atoms with Gasteiger partial charge in [0.25, 0.3) is 0 Å². The second-order valence-electron chi connectivity index (χ2n) is 7.39. The van der Waals surface area contributed by atoms with Gasteiger partial charge in [-0.1, -0.05) is 19.9 Å². The number of unbranched alkanes of at least 4 members (excludes halogenated alkanes) is 2. The maximum absolute atomic E-state index is 11.9. The van der Waals surface area contributed by atoms with Crippen molar-refractivity contribution in [3.63, 3.8) is 0 Å². The lowest BCUT2D eigenvalue weighted by atomic mass is 10.1. The number of carbonyl (C=O) groups excluding carboxylic acids is 1. The van der Waals surface area contributed by atoms with E-state index in [-0.39, 0.29) is 17.2 Å². The number of allylic oxidation sites excluding steroid dienone is 2. The summed E-state index contributed by atoms with van der Waals surface area (Å²) in [6.45, 7) is 7.70. The minimum atomic E-state index is -1.15. The van der Waals surface area contributed by atoms with Crippen molar-refractivity contribution in [2.75, 3.05) is 11.5 Å². The minimum Gasteiger partial charge on any atom is -0.480 e. The molecule has 5 nitrogen and oxygen atoms in total. The molecule has 0 radical (unpaired) electrons. The van der Waals surface area contributed by atoms with E-state index >= 15 is 0 Å². The lowest BCUT2D eigenvalue weighted by Gasteiger charge is -2.18. The molecule has 0 aliphatic heterocycles. The van der Waals surface area contributed by atoms with Crippen LogP contribution in [0.25, 0.3) is 0 Å². The van der Waals surface area contributed by atoms with Crippen LogP contribution in [0.2, 0.25) is 0 Å². The van der Waals surface area contributed by atoms with E-state index in [2.05, 4.69) is 25.2 Å². The van der Waals surface area contributed by atoms with Gasteiger partial charge in [0.2, 0.25) is 5.91 Å². The Bertz CT molecular complexity index is 472. The van der Waals surface area contributed by atoms with Crippen LogP contribution in [-0.4, -0.2) is 34.0 Å². The molecular formula is C17H30N2O3S. The molecule has 0 spiro atoms. The number of nitrogens with one attached hydrogen (secondary N) is 1. The Labute approximate surface area is 143 Å². The number of hydrogen-bond acceptors (Lipinski definition) is 4. The third-order valence-electron chi connectivity index (χ3n) is 4.23. The van der Waals surface area contributed by atoms with Crippen molar-refractivity contribution in [2.24, 2.45) is 17.1 Å². The van der Waals surface area contributed by atoms with E-state index in [4.69, 9.17) is 10.8 Å². The van der Waals surface area contributed by atoms with Gasteiger partial charge in [0.05, 0.1) is 0 Å². The van der Waals surface area contributed by atoms with Crippen LogP contribution in [0.4, 0.5) is 0 Å². The Morgan fingerprint density at radius 3 is 2.57 bits per heavy atom. The summed E-state index contributed by atoms with van der Waals surface area (Å²) in [5.74, 6) is 0.649. The molecule has 0 bridgehead atoms. The summed E-state index contributed by atoms with van der Waals surface area (Å²) in [5.41, 5.74) is 5.60. The first-order valence-electron chi connectivity index (χ1n) is 8.14. The molecule has 1 rings (SSSR count). The summed E-state index contributed by atoms with van der Waals surface area (Å²) >= 11 is 1.57. The Kier molecular flexibility index (Phi) is 7.14. The zero-order valence-corrected chi connectivity index (χ0v) is 15.5. The van der Waals surface area contributed by atoms with Crippen LogP contribution in [0.1, 0.15) is 53.4 Å². The van der Waals surface area contributed by atoms with Crippen molar-refractivity contribution in [1.82, 2.24) is 5.32 Å². The smallest absolute Gasteiger partial charge is 0.324 e. The molecule has 0 aromatic heterocycles. The molecule has 0 aromatic carbocycles. The second kappa shape index (κ2) is 8.20. The third kappa shape index (κ3) is 6.96. The average Bonchev–Trinajstić information content (AvgIpc) is 3.06. The lowest BCUT2D eigenvalue weighted by Crippen LogP contribution is -2.47. The number of carboxylic acid groups (broad SMARTS) is 1.